The van der Waals surface area contributed by atoms with E-state index in [1.54, 1.807) is 0 Å². The summed E-state index contributed by atoms with van der Waals surface area (Å²) in [6, 6.07) is 8.25. The predicted molar refractivity (Wildman–Crippen MR) is 219 cm³/mol. The maximum atomic E-state index is 12.9. The monoisotopic (exact) mass is 938 g/mol. The number of Topliss-reactive ketones (excluding diaryl/α,β-unsaturated/α-hetero) is 2. The van der Waals surface area contributed by atoms with Gasteiger partial charge in [-0.05, 0) is 93.7 Å². The third kappa shape index (κ3) is 5.74. The Bertz CT molecular complexity index is 2070. The molecule has 5 saturated carbocycles. The number of carbonyl (C=O) groups is 2. The van der Waals surface area contributed by atoms with Crippen LogP contribution in [0.4, 0.5) is 0 Å². The molecule has 4 aliphatic heterocycles. The molecule has 0 aromatic heterocycles. The molecule has 0 amide bonds. The van der Waals surface area contributed by atoms with E-state index < -0.39 is 34.2 Å². The van der Waals surface area contributed by atoms with E-state index in [4.69, 9.17) is 9.47 Å². The van der Waals surface area contributed by atoms with Gasteiger partial charge in [-0.2, -0.15) is 0 Å². The second-order valence-corrected chi connectivity index (χ2v) is 21.2. The van der Waals surface area contributed by atoms with Crippen molar-refractivity contribution in [2.75, 3.05) is 38.6 Å². The first kappa shape index (κ1) is 41.1. The highest BCUT2D eigenvalue weighted by atomic mass is 79.9. The third-order valence-electron chi connectivity index (χ3n) is 17.3. The molecular formula is C47H60Br2N2O8. The fourth-order valence-corrected chi connectivity index (χ4v) is 14.5. The van der Waals surface area contributed by atoms with E-state index in [9.17, 15) is 30.0 Å². The molecule has 4 bridgehead atoms. The number of halogens is 2. The van der Waals surface area contributed by atoms with Crippen LogP contribution in [0.5, 0.6) is 11.5 Å². The van der Waals surface area contributed by atoms with Crippen LogP contribution in [0.1, 0.15) is 110 Å². The van der Waals surface area contributed by atoms with Gasteiger partial charge in [0, 0.05) is 71.8 Å². The Kier molecular flexibility index (Phi) is 9.98. The van der Waals surface area contributed by atoms with Gasteiger partial charge in [0.25, 0.3) is 0 Å². The molecule has 7 aliphatic carbocycles. The standard InChI is InChI=1S/C22H28NO4.C21H25NO4.C4H7Br.BrH/c1-23(11-13-2-3-13)9-8-21-18-14-4-5-15(12-24)19(18)27-20(21)16(25)6-7-22(21,26)17(23)10-14;23-11-14-4-3-13-9-16-21(25)6-5-15(24)19-20(21,17(13)18(14)26-19)7-8-22(16)10-12-1-2-12;5-3-4-1-2-4;/h4-5,13,17,20,24,26H,2-3,6-12H2,1H3;3-4,12,16,19,23,25H,1-2,5-11H2;4H,1-3H2;1H/q+1;;;/p-1/t17?,20-,21-,22+,23+;16?,19-,20-,21+;;/m11../s1. The Hall–Kier alpha value is -1.90. The average molecular weight is 941 g/mol. The number of hydrogen-bond acceptors (Lipinski definition) is 9. The van der Waals surface area contributed by atoms with Gasteiger partial charge in [-0.3, -0.25) is 14.5 Å². The van der Waals surface area contributed by atoms with Crippen LogP contribution < -0.4 is 26.5 Å². The van der Waals surface area contributed by atoms with Crippen LogP contribution >= 0.6 is 15.9 Å². The van der Waals surface area contributed by atoms with Crippen molar-refractivity contribution < 1.29 is 61.0 Å². The molecule has 2 aromatic rings. The SMILES string of the molecule is BrCC1CC1.C[N@@+]1(CC2CC2)CC[C@@]23c4c5ccc(CO)c4O[C@@H]2C(=O)CC[C@]3(O)C1C5.O=C1CC[C@]2(O)C3Cc4ccc(CO)c5c4[C@]2(CCN3CC2CC2)[C@@H]1O5.[Br-]. The maximum absolute atomic E-state index is 12.9. The van der Waals surface area contributed by atoms with Gasteiger partial charge in [0.15, 0.2) is 23.8 Å². The zero-order valence-electron chi connectivity index (χ0n) is 34.3. The summed E-state index contributed by atoms with van der Waals surface area (Å²) in [5.41, 5.74) is 2.91. The molecule has 11 aliphatic rings. The van der Waals surface area contributed by atoms with Gasteiger partial charge in [0.05, 0.1) is 49.8 Å². The largest absolute Gasteiger partial charge is 1.00 e. The summed E-state index contributed by atoms with van der Waals surface area (Å²) in [5, 5.41) is 45.1. The summed E-state index contributed by atoms with van der Waals surface area (Å²) in [4.78, 5) is 28.2. The van der Waals surface area contributed by atoms with Crippen molar-refractivity contribution in [3.05, 3.63) is 57.6 Å². The highest BCUT2D eigenvalue weighted by Crippen LogP contribution is 2.66. The van der Waals surface area contributed by atoms with E-state index in [0.29, 0.717) is 37.2 Å². The Morgan fingerprint density at radius 3 is 1.81 bits per heavy atom. The minimum atomic E-state index is -0.912. The Morgan fingerprint density at radius 2 is 1.29 bits per heavy atom. The highest BCUT2D eigenvalue weighted by molar-refractivity contribution is 9.09. The van der Waals surface area contributed by atoms with Crippen molar-refractivity contribution >= 4 is 27.5 Å². The number of carbonyl (C=O) groups excluding carboxylic acids is 2. The van der Waals surface area contributed by atoms with Crippen LogP contribution in [0.25, 0.3) is 0 Å². The number of likely N-dealkylation sites (N-methyl/N-ethyl adjacent to an activating group) is 1. The lowest BCUT2D eigenvalue weighted by molar-refractivity contribution is -0.950. The zero-order chi connectivity index (χ0) is 40.0. The van der Waals surface area contributed by atoms with E-state index >= 15 is 0 Å². The Labute approximate surface area is 366 Å². The molecule has 2 saturated heterocycles. The molecule has 320 valence electrons. The van der Waals surface area contributed by atoms with E-state index in [-0.39, 0.29) is 53.8 Å². The minimum absolute atomic E-state index is 0. The second kappa shape index (κ2) is 14.3. The smallest absolute Gasteiger partial charge is 0.174 e. The second-order valence-electron chi connectivity index (χ2n) is 20.5. The molecule has 12 heteroatoms. The van der Waals surface area contributed by atoms with Crippen LogP contribution in [0.15, 0.2) is 24.3 Å². The number of alkyl halides is 1. The Balaban J connectivity index is 0.000000126. The van der Waals surface area contributed by atoms with Crippen molar-refractivity contribution in [2.24, 2.45) is 17.8 Å². The average Bonchev–Trinajstić information content (AvgIpc) is 4.13. The number of quaternary nitrogens is 1. The number of likely N-dealkylation sites (tertiary alicyclic amines) is 2. The van der Waals surface area contributed by atoms with Gasteiger partial charge < -0.3 is 51.4 Å². The minimum Gasteiger partial charge on any atom is -1.00 e. The van der Waals surface area contributed by atoms with Crippen LogP contribution in [0.2, 0.25) is 0 Å². The van der Waals surface area contributed by atoms with Crippen LogP contribution in [0, 0.1) is 17.8 Å². The summed E-state index contributed by atoms with van der Waals surface area (Å²) in [5.74, 6) is 4.21. The van der Waals surface area contributed by atoms with Crippen molar-refractivity contribution in [3.8, 4) is 11.5 Å². The lowest BCUT2D eigenvalue weighted by Crippen LogP contribution is -3.00. The van der Waals surface area contributed by atoms with Gasteiger partial charge in [0.1, 0.15) is 23.1 Å². The highest BCUT2D eigenvalue weighted by Gasteiger charge is 2.77. The molecule has 10 nitrogen and oxygen atoms in total. The number of aliphatic hydroxyl groups excluding tert-OH is 2. The number of ketones is 2. The summed E-state index contributed by atoms with van der Waals surface area (Å²) in [6.45, 7) is 3.91. The van der Waals surface area contributed by atoms with Gasteiger partial charge >= 0.3 is 0 Å². The lowest BCUT2D eigenvalue weighted by atomic mass is 9.48. The van der Waals surface area contributed by atoms with Crippen molar-refractivity contribution in [1.29, 1.82) is 0 Å². The fourth-order valence-electron chi connectivity index (χ4n) is 13.9. The molecule has 7 fully saturated rings. The molecule has 13 rings (SSSR count). The van der Waals surface area contributed by atoms with E-state index in [0.717, 1.165) is 96.4 Å². The van der Waals surface area contributed by atoms with Gasteiger partial charge in [-0.15, -0.1) is 0 Å². The first-order chi connectivity index (χ1) is 27.9. The zero-order valence-corrected chi connectivity index (χ0v) is 37.4. The molecule has 2 aromatic carbocycles. The van der Waals surface area contributed by atoms with Crippen molar-refractivity contribution in [2.45, 2.75) is 149 Å². The first-order valence-corrected chi connectivity index (χ1v) is 23.6. The number of hydrogen-bond donors (Lipinski definition) is 4. The molecule has 0 radical (unpaired) electrons. The summed E-state index contributed by atoms with van der Waals surface area (Å²) in [6.07, 6.45) is 12.0. The van der Waals surface area contributed by atoms with E-state index in [1.807, 2.05) is 12.1 Å². The Morgan fingerprint density at radius 1 is 0.746 bits per heavy atom. The first-order valence-electron chi connectivity index (χ1n) is 22.4. The fraction of sp³-hybridized carbons (Fsp3) is 0.702. The number of benzene rings is 2. The predicted octanol–water partition coefficient (Wildman–Crippen LogP) is 1.56. The number of aliphatic hydroxyl groups is 4. The number of rotatable bonds is 7. The van der Waals surface area contributed by atoms with Crippen LogP contribution in [-0.2, 0) is 46.5 Å². The number of nitrogens with zero attached hydrogens (tertiary/aromatic N) is 2. The van der Waals surface area contributed by atoms with E-state index in [2.05, 4.69) is 40.0 Å². The van der Waals surface area contributed by atoms with Gasteiger partial charge in [-0.1, -0.05) is 40.2 Å². The third-order valence-corrected chi connectivity index (χ3v) is 18.2. The summed E-state index contributed by atoms with van der Waals surface area (Å²) in [7, 11) is 2.32. The van der Waals surface area contributed by atoms with Crippen LogP contribution in [0.3, 0.4) is 0 Å². The molecule has 4 heterocycles. The summed E-state index contributed by atoms with van der Waals surface area (Å²) < 4.78 is 13.4. The maximum Gasteiger partial charge on any atom is 0.174 e. The van der Waals surface area contributed by atoms with E-state index in [1.165, 1.54) is 55.0 Å². The molecule has 4 N–H and O–H groups in total. The van der Waals surface area contributed by atoms with Crippen LogP contribution in [-0.4, -0.2) is 115 Å². The molecular weight excluding hydrogens is 880 g/mol. The molecule has 9 atom stereocenters. The molecule has 59 heavy (non-hydrogen) atoms. The van der Waals surface area contributed by atoms with Gasteiger partial charge in [0.2, 0.25) is 0 Å². The lowest BCUT2D eigenvalue weighted by Gasteiger charge is -2.64. The normalized spacial score (nSPS) is 39.9. The summed E-state index contributed by atoms with van der Waals surface area (Å²) >= 11 is 3.38. The van der Waals surface area contributed by atoms with Crippen molar-refractivity contribution in [1.82, 2.24) is 4.90 Å². The molecule has 2 unspecified atom stereocenters. The van der Waals surface area contributed by atoms with Crippen molar-refractivity contribution in [3.63, 3.8) is 0 Å². The number of ether oxygens (including phenoxy) is 2. The number of piperidine rings is 2. The molecule has 2 spiro atoms. The quantitative estimate of drug-likeness (QED) is 0.241. The topological polar surface area (TPSA) is 137 Å². The van der Waals surface area contributed by atoms with Gasteiger partial charge in [-0.25, -0.2) is 0 Å².